The van der Waals surface area contributed by atoms with Crippen LogP contribution < -0.4 is 16.2 Å². The highest BCUT2D eigenvalue weighted by Gasteiger charge is 2.04. The summed E-state index contributed by atoms with van der Waals surface area (Å²) in [6.07, 6.45) is 0.335. The third-order valence-electron chi connectivity index (χ3n) is 1.51. The molecular formula is C6H11ClN6O2S. The molecule has 5 N–H and O–H groups in total. The van der Waals surface area contributed by atoms with Gasteiger partial charge in [0.15, 0.2) is 0 Å². The van der Waals surface area contributed by atoms with Gasteiger partial charge in [0.25, 0.3) is 0 Å². The summed E-state index contributed by atoms with van der Waals surface area (Å²) in [6, 6.07) is 0. The van der Waals surface area contributed by atoms with E-state index in [2.05, 4.69) is 20.3 Å². The van der Waals surface area contributed by atoms with Gasteiger partial charge >= 0.3 is 0 Å². The first-order chi connectivity index (χ1) is 7.37. The van der Waals surface area contributed by atoms with Gasteiger partial charge in [-0.1, -0.05) is 0 Å². The van der Waals surface area contributed by atoms with Crippen molar-refractivity contribution >= 4 is 33.5 Å². The van der Waals surface area contributed by atoms with Crippen LogP contribution in [0, 0.1) is 0 Å². The molecule has 0 aliphatic rings. The highest BCUT2D eigenvalue weighted by Crippen LogP contribution is 2.06. The van der Waals surface area contributed by atoms with Crippen LogP contribution in [0.5, 0.6) is 0 Å². The number of nitrogens with one attached hydrogen (secondary N) is 1. The van der Waals surface area contributed by atoms with Gasteiger partial charge in [0, 0.05) is 6.54 Å². The van der Waals surface area contributed by atoms with Gasteiger partial charge in [0.2, 0.25) is 27.2 Å². The van der Waals surface area contributed by atoms with Gasteiger partial charge in [0.05, 0.1) is 5.75 Å². The number of primary sulfonamides is 1. The summed E-state index contributed by atoms with van der Waals surface area (Å²) < 4.78 is 21.2. The number of nitrogen functional groups attached to an aromatic ring is 1. The van der Waals surface area contributed by atoms with Crippen molar-refractivity contribution in [1.29, 1.82) is 0 Å². The molecule has 0 bridgehead atoms. The van der Waals surface area contributed by atoms with Crippen molar-refractivity contribution in [1.82, 2.24) is 15.0 Å². The van der Waals surface area contributed by atoms with Crippen LogP contribution in [0.15, 0.2) is 0 Å². The minimum absolute atomic E-state index is 0.00561. The molecule has 0 fully saturated rings. The van der Waals surface area contributed by atoms with Crippen molar-refractivity contribution in [2.75, 3.05) is 23.3 Å². The molecule has 1 heterocycles. The van der Waals surface area contributed by atoms with Crippen molar-refractivity contribution in [3.63, 3.8) is 0 Å². The molecule has 10 heteroatoms. The van der Waals surface area contributed by atoms with Crippen LogP contribution in [0.25, 0.3) is 0 Å². The second-order valence-corrected chi connectivity index (χ2v) is 5.01. The fraction of sp³-hybridized carbons (Fsp3) is 0.500. The van der Waals surface area contributed by atoms with Crippen LogP contribution >= 0.6 is 11.6 Å². The maximum Gasteiger partial charge on any atom is 0.228 e. The second-order valence-electron chi connectivity index (χ2n) is 2.93. The summed E-state index contributed by atoms with van der Waals surface area (Å²) >= 11 is 5.54. The van der Waals surface area contributed by atoms with E-state index in [1.165, 1.54) is 0 Å². The summed E-state index contributed by atoms with van der Waals surface area (Å²) in [5.41, 5.74) is 5.33. The number of aromatic nitrogens is 3. The lowest BCUT2D eigenvalue weighted by atomic mass is 10.5. The summed E-state index contributed by atoms with van der Waals surface area (Å²) in [5.74, 6) is 0.0785. The minimum Gasteiger partial charge on any atom is -0.368 e. The molecule has 0 spiro atoms. The Morgan fingerprint density at radius 2 is 2.00 bits per heavy atom. The Bertz CT molecular complexity index is 444. The Balaban J connectivity index is 2.43. The Morgan fingerprint density at radius 3 is 2.56 bits per heavy atom. The van der Waals surface area contributed by atoms with Crippen LogP contribution in [-0.4, -0.2) is 35.7 Å². The van der Waals surface area contributed by atoms with Gasteiger partial charge in [-0.3, -0.25) is 0 Å². The molecule has 8 nitrogen and oxygen atoms in total. The molecular weight excluding hydrogens is 256 g/mol. The van der Waals surface area contributed by atoms with E-state index < -0.39 is 10.0 Å². The van der Waals surface area contributed by atoms with Crippen LogP contribution in [0.3, 0.4) is 0 Å². The summed E-state index contributed by atoms with van der Waals surface area (Å²) in [5, 5.41) is 7.55. The molecule has 0 saturated heterocycles. The highest BCUT2D eigenvalue weighted by atomic mass is 35.5. The molecule has 1 aromatic heterocycles. The predicted octanol–water partition coefficient (Wildman–Crippen LogP) is -0.802. The van der Waals surface area contributed by atoms with Crippen LogP contribution in [0.1, 0.15) is 6.42 Å². The van der Waals surface area contributed by atoms with Gasteiger partial charge in [0.1, 0.15) is 0 Å². The fourth-order valence-electron chi connectivity index (χ4n) is 0.918. The summed E-state index contributed by atoms with van der Waals surface area (Å²) in [4.78, 5) is 11.1. The Kier molecular flexibility index (Phi) is 4.21. The third kappa shape index (κ3) is 5.05. The van der Waals surface area contributed by atoms with Gasteiger partial charge in [-0.15, -0.1) is 0 Å². The standard InChI is InChI=1S/C6H11ClN6O2S/c7-4-11-5(8)13-6(12-4)10-2-1-3-16(9,14)15/h1-3H2,(H2,9,14,15)(H3,8,10,11,12,13). The number of nitrogens with two attached hydrogens (primary N) is 2. The number of halogens is 1. The molecule has 0 atom stereocenters. The number of nitrogens with zero attached hydrogens (tertiary/aromatic N) is 3. The molecule has 0 amide bonds. The zero-order valence-electron chi connectivity index (χ0n) is 8.22. The summed E-state index contributed by atoms with van der Waals surface area (Å²) in [7, 11) is -3.44. The van der Waals surface area contributed by atoms with Crippen molar-refractivity contribution in [3.8, 4) is 0 Å². The quantitative estimate of drug-likeness (QED) is 0.593. The monoisotopic (exact) mass is 266 g/mol. The molecule has 0 aromatic carbocycles. The first-order valence-electron chi connectivity index (χ1n) is 4.28. The van der Waals surface area contributed by atoms with E-state index in [0.29, 0.717) is 13.0 Å². The van der Waals surface area contributed by atoms with E-state index in [9.17, 15) is 8.42 Å². The highest BCUT2D eigenvalue weighted by molar-refractivity contribution is 7.89. The zero-order valence-corrected chi connectivity index (χ0v) is 9.79. The van der Waals surface area contributed by atoms with Gasteiger partial charge in [-0.05, 0) is 18.0 Å². The van der Waals surface area contributed by atoms with Crippen LogP contribution in [-0.2, 0) is 10.0 Å². The average Bonchev–Trinajstić information content (AvgIpc) is 2.09. The average molecular weight is 267 g/mol. The number of sulfonamides is 1. The molecule has 1 aromatic rings. The SMILES string of the molecule is Nc1nc(Cl)nc(NCCCS(N)(=O)=O)n1. The molecule has 0 radical (unpaired) electrons. The predicted molar refractivity (Wildman–Crippen MR) is 60.3 cm³/mol. The molecule has 16 heavy (non-hydrogen) atoms. The molecule has 0 unspecified atom stereocenters. The first-order valence-corrected chi connectivity index (χ1v) is 6.37. The van der Waals surface area contributed by atoms with E-state index in [1.54, 1.807) is 0 Å². The molecule has 0 aliphatic carbocycles. The van der Waals surface area contributed by atoms with Crippen molar-refractivity contribution in [2.24, 2.45) is 5.14 Å². The number of rotatable bonds is 5. The van der Waals surface area contributed by atoms with E-state index >= 15 is 0 Å². The second kappa shape index (κ2) is 5.23. The van der Waals surface area contributed by atoms with E-state index in [4.69, 9.17) is 22.5 Å². The van der Waals surface area contributed by atoms with Crippen LogP contribution in [0.4, 0.5) is 11.9 Å². The van der Waals surface area contributed by atoms with Gasteiger partial charge < -0.3 is 11.1 Å². The first kappa shape index (κ1) is 12.9. The Hall–Kier alpha value is -1.19. The minimum atomic E-state index is -3.44. The lowest BCUT2D eigenvalue weighted by molar-refractivity contribution is 0.595. The van der Waals surface area contributed by atoms with E-state index in [1.807, 2.05) is 0 Å². The number of hydrogen-bond acceptors (Lipinski definition) is 7. The maximum absolute atomic E-state index is 10.6. The topological polar surface area (TPSA) is 137 Å². The van der Waals surface area contributed by atoms with E-state index in [-0.39, 0.29) is 22.9 Å². The number of hydrogen-bond donors (Lipinski definition) is 3. The molecule has 90 valence electrons. The van der Waals surface area contributed by atoms with Gasteiger partial charge in [-0.2, -0.15) is 15.0 Å². The number of anilines is 2. The van der Waals surface area contributed by atoms with E-state index in [0.717, 1.165) is 0 Å². The fourth-order valence-corrected chi connectivity index (χ4v) is 1.63. The Morgan fingerprint density at radius 1 is 1.31 bits per heavy atom. The van der Waals surface area contributed by atoms with Crippen molar-refractivity contribution in [3.05, 3.63) is 5.28 Å². The van der Waals surface area contributed by atoms with Gasteiger partial charge in [-0.25, -0.2) is 13.6 Å². The normalized spacial score (nSPS) is 11.4. The van der Waals surface area contributed by atoms with Crippen molar-refractivity contribution < 1.29 is 8.42 Å². The largest absolute Gasteiger partial charge is 0.368 e. The Labute approximate surface area is 97.5 Å². The molecule has 0 aliphatic heterocycles. The summed E-state index contributed by atoms with van der Waals surface area (Å²) in [6.45, 7) is 0.343. The lowest BCUT2D eigenvalue weighted by Crippen LogP contribution is -2.19. The lowest BCUT2D eigenvalue weighted by Gasteiger charge is -2.04. The molecule has 1 rings (SSSR count). The maximum atomic E-state index is 10.6. The van der Waals surface area contributed by atoms with Crippen LogP contribution in [0.2, 0.25) is 5.28 Å². The van der Waals surface area contributed by atoms with Crippen molar-refractivity contribution in [2.45, 2.75) is 6.42 Å². The molecule has 0 saturated carbocycles. The third-order valence-corrected chi connectivity index (χ3v) is 2.54. The smallest absolute Gasteiger partial charge is 0.228 e. The zero-order chi connectivity index (χ0) is 12.2.